The summed E-state index contributed by atoms with van der Waals surface area (Å²) in [6, 6.07) is 0. The van der Waals surface area contributed by atoms with Crippen molar-refractivity contribution in [3.05, 3.63) is 85.1 Å². The molecule has 0 aromatic heterocycles. The maximum absolute atomic E-state index is 12.8. The van der Waals surface area contributed by atoms with E-state index in [1.165, 1.54) is 83.5 Å². The van der Waals surface area contributed by atoms with E-state index >= 15 is 0 Å². The average molecular weight is 863 g/mol. The van der Waals surface area contributed by atoms with Crippen molar-refractivity contribution in [2.75, 3.05) is 13.2 Å². The molecule has 0 N–H and O–H groups in total. The van der Waals surface area contributed by atoms with Gasteiger partial charge in [0, 0.05) is 19.3 Å². The predicted octanol–water partition coefficient (Wildman–Crippen LogP) is 16.8. The number of allylic oxidation sites excluding steroid dienone is 14. The molecule has 6 heteroatoms. The van der Waals surface area contributed by atoms with Crippen molar-refractivity contribution in [3.63, 3.8) is 0 Å². The van der Waals surface area contributed by atoms with Gasteiger partial charge in [0.15, 0.2) is 6.10 Å². The minimum absolute atomic E-state index is 0.0930. The average Bonchev–Trinajstić information content (AvgIpc) is 3.27. The monoisotopic (exact) mass is 863 g/mol. The summed E-state index contributed by atoms with van der Waals surface area (Å²) < 4.78 is 16.7. The van der Waals surface area contributed by atoms with Gasteiger partial charge < -0.3 is 14.2 Å². The highest BCUT2D eigenvalue weighted by Gasteiger charge is 2.19. The lowest BCUT2D eigenvalue weighted by molar-refractivity contribution is -0.167. The molecule has 0 rings (SSSR count). The third kappa shape index (κ3) is 47.6. The van der Waals surface area contributed by atoms with Crippen LogP contribution in [0.25, 0.3) is 0 Å². The Labute approximate surface area is 382 Å². The van der Waals surface area contributed by atoms with Crippen LogP contribution in [-0.4, -0.2) is 37.2 Å². The van der Waals surface area contributed by atoms with E-state index < -0.39 is 6.10 Å². The first kappa shape index (κ1) is 58.6. The van der Waals surface area contributed by atoms with Crippen LogP contribution in [0.3, 0.4) is 0 Å². The van der Waals surface area contributed by atoms with Crippen molar-refractivity contribution in [1.29, 1.82) is 0 Å². The van der Waals surface area contributed by atoms with Gasteiger partial charge in [0.05, 0.1) is 0 Å². The number of esters is 3. The molecular weight excluding hydrogens is 769 g/mol. The standard InChI is InChI=1S/C56H94O6/c1-4-7-10-13-16-19-21-23-25-26-27-28-29-30-31-33-34-37-40-43-46-49-55(58)61-52-53(51-60-54(57)48-45-42-39-36-18-15-12-9-6-3)62-56(59)50-47-44-41-38-35-32-24-22-20-17-14-11-8-5-2/h7,10,16,19,22-25,27-28,30-31,34,37,53H,4-6,8-9,11-15,17-18,20-21,26,29,32-33,35-36,38-52H2,1-3H3/b10-7-,19-16-,24-22-,25-23-,28-27-,31-30-,37-34-. The molecule has 0 aliphatic rings. The molecule has 0 fully saturated rings. The first-order valence-corrected chi connectivity index (χ1v) is 25.6. The van der Waals surface area contributed by atoms with Crippen molar-refractivity contribution < 1.29 is 28.6 Å². The van der Waals surface area contributed by atoms with Gasteiger partial charge in [0.2, 0.25) is 0 Å². The Morgan fingerprint density at radius 2 is 0.629 bits per heavy atom. The molecule has 0 aromatic rings. The Morgan fingerprint density at radius 3 is 1.03 bits per heavy atom. The summed E-state index contributed by atoms with van der Waals surface area (Å²) in [6.45, 7) is 6.44. The van der Waals surface area contributed by atoms with Crippen LogP contribution in [-0.2, 0) is 28.6 Å². The Hall–Kier alpha value is -3.41. The molecule has 0 aliphatic carbocycles. The normalized spacial score (nSPS) is 12.8. The molecule has 0 radical (unpaired) electrons. The van der Waals surface area contributed by atoms with Crippen molar-refractivity contribution >= 4 is 17.9 Å². The second-order valence-electron chi connectivity index (χ2n) is 16.7. The van der Waals surface area contributed by atoms with Crippen LogP contribution in [0.1, 0.15) is 233 Å². The predicted molar refractivity (Wildman–Crippen MR) is 265 cm³/mol. The fourth-order valence-electron chi connectivity index (χ4n) is 6.79. The zero-order chi connectivity index (χ0) is 45.1. The van der Waals surface area contributed by atoms with E-state index in [0.717, 1.165) is 109 Å². The second kappa shape index (κ2) is 50.2. The zero-order valence-electron chi connectivity index (χ0n) is 40.4. The summed E-state index contributed by atoms with van der Waals surface area (Å²) in [6.07, 6.45) is 64.3. The lowest BCUT2D eigenvalue weighted by Crippen LogP contribution is -2.30. The lowest BCUT2D eigenvalue weighted by atomic mass is 10.1. The molecule has 354 valence electrons. The molecule has 6 nitrogen and oxygen atoms in total. The topological polar surface area (TPSA) is 78.9 Å². The quantitative estimate of drug-likeness (QED) is 0.0263. The summed E-state index contributed by atoms with van der Waals surface area (Å²) >= 11 is 0. The van der Waals surface area contributed by atoms with Gasteiger partial charge in [0.25, 0.3) is 0 Å². The second-order valence-corrected chi connectivity index (χ2v) is 16.7. The van der Waals surface area contributed by atoms with Gasteiger partial charge in [-0.05, 0) is 96.3 Å². The third-order valence-electron chi connectivity index (χ3n) is 10.6. The van der Waals surface area contributed by atoms with Crippen molar-refractivity contribution in [1.82, 2.24) is 0 Å². The molecule has 0 saturated heterocycles. The van der Waals surface area contributed by atoms with Gasteiger partial charge in [-0.2, -0.15) is 0 Å². The summed E-state index contributed by atoms with van der Waals surface area (Å²) in [5.41, 5.74) is 0. The highest BCUT2D eigenvalue weighted by atomic mass is 16.6. The molecular formula is C56H94O6. The Morgan fingerprint density at radius 1 is 0.339 bits per heavy atom. The number of rotatable bonds is 45. The largest absolute Gasteiger partial charge is 0.462 e. The smallest absolute Gasteiger partial charge is 0.306 e. The molecule has 1 unspecified atom stereocenters. The molecule has 0 heterocycles. The number of hydrogen-bond acceptors (Lipinski definition) is 6. The number of ether oxygens (including phenoxy) is 3. The molecule has 0 bridgehead atoms. The van der Waals surface area contributed by atoms with Crippen molar-refractivity contribution in [2.45, 2.75) is 239 Å². The van der Waals surface area contributed by atoms with Crippen LogP contribution in [0.4, 0.5) is 0 Å². The maximum Gasteiger partial charge on any atom is 0.306 e. The SMILES string of the molecule is CC/C=C\C/C=C\C/C=C\C/C=C\C/C=C\C/C=C\CCCCC(=O)OCC(COC(=O)CCCCCCCCCCC)OC(=O)CCCCCCC/C=C\CCCCCCC. The van der Waals surface area contributed by atoms with Crippen molar-refractivity contribution in [2.24, 2.45) is 0 Å². The number of carbonyl (C=O) groups is 3. The summed E-state index contributed by atoms with van der Waals surface area (Å²) in [4.78, 5) is 37.9. The highest BCUT2D eigenvalue weighted by Crippen LogP contribution is 2.13. The van der Waals surface area contributed by atoms with E-state index in [0.29, 0.717) is 19.3 Å². The van der Waals surface area contributed by atoms with E-state index in [2.05, 4.69) is 106 Å². The van der Waals surface area contributed by atoms with Crippen LogP contribution in [0.2, 0.25) is 0 Å². The van der Waals surface area contributed by atoms with Crippen LogP contribution >= 0.6 is 0 Å². The van der Waals surface area contributed by atoms with Crippen LogP contribution in [0.15, 0.2) is 85.1 Å². The van der Waals surface area contributed by atoms with E-state index in [4.69, 9.17) is 14.2 Å². The summed E-state index contributed by atoms with van der Waals surface area (Å²) in [5.74, 6) is -0.951. The Bertz CT molecular complexity index is 1220. The van der Waals surface area contributed by atoms with Crippen LogP contribution in [0.5, 0.6) is 0 Å². The number of unbranched alkanes of at least 4 members (excludes halogenated alkanes) is 20. The van der Waals surface area contributed by atoms with Gasteiger partial charge in [0.1, 0.15) is 13.2 Å². The molecule has 0 spiro atoms. The molecule has 0 saturated carbocycles. The Balaban J connectivity index is 4.41. The zero-order valence-corrected chi connectivity index (χ0v) is 40.4. The fourth-order valence-corrected chi connectivity index (χ4v) is 6.79. The van der Waals surface area contributed by atoms with Gasteiger partial charge in [-0.3, -0.25) is 14.4 Å². The van der Waals surface area contributed by atoms with Gasteiger partial charge in [-0.25, -0.2) is 0 Å². The molecule has 1 atom stereocenters. The molecule has 0 amide bonds. The highest BCUT2D eigenvalue weighted by molar-refractivity contribution is 5.71. The summed E-state index contributed by atoms with van der Waals surface area (Å²) in [7, 11) is 0. The van der Waals surface area contributed by atoms with E-state index in [1.807, 2.05) is 0 Å². The number of hydrogen-bond donors (Lipinski definition) is 0. The summed E-state index contributed by atoms with van der Waals surface area (Å²) in [5, 5.41) is 0. The minimum atomic E-state index is -0.796. The molecule has 0 aromatic carbocycles. The fraction of sp³-hybridized carbons (Fsp3) is 0.696. The van der Waals surface area contributed by atoms with Crippen molar-refractivity contribution in [3.8, 4) is 0 Å². The molecule has 0 aliphatic heterocycles. The van der Waals surface area contributed by atoms with E-state index in [1.54, 1.807) is 0 Å². The lowest BCUT2D eigenvalue weighted by Gasteiger charge is -2.18. The van der Waals surface area contributed by atoms with E-state index in [9.17, 15) is 14.4 Å². The first-order valence-electron chi connectivity index (χ1n) is 25.6. The first-order chi connectivity index (χ1) is 30.5. The minimum Gasteiger partial charge on any atom is -0.462 e. The van der Waals surface area contributed by atoms with Gasteiger partial charge >= 0.3 is 17.9 Å². The Kier molecular flexibility index (Phi) is 47.5. The van der Waals surface area contributed by atoms with Crippen LogP contribution in [0, 0.1) is 0 Å². The maximum atomic E-state index is 12.8. The van der Waals surface area contributed by atoms with E-state index in [-0.39, 0.29) is 31.1 Å². The third-order valence-corrected chi connectivity index (χ3v) is 10.6. The molecule has 62 heavy (non-hydrogen) atoms. The van der Waals surface area contributed by atoms with Gasteiger partial charge in [-0.15, -0.1) is 0 Å². The number of carbonyl (C=O) groups excluding carboxylic acids is 3. The van der Waals surface area contributed by atoms with Gasteiger partial charge in [-0.1, -0.05) is 202 Å². The van der Waals surface area contributed by atoms with Crippen LogP contribution < -0.4 is 0 Å².